The maximum atomic E-state index is 15.8. The summed E-state index contributed by atoms with van der Waals surface area (Å²) in [4.78, 5) is 5.90. The van der Waals surface area contributed by atoms with Crippen molar-refractivity contribution in [1.82, 2.24) is 9.80 Å². The summed E-state index contributed by atoms with van der Waals surface area (Å²) in [7, 11) is 0. The first-order chi connectivity index (χ1) is 18.0. The molecule has 3 aliphatic heterocycles. The fourth-order valence-electron chi connectivity index (χ4n) is 6.75. The van der Waals surface area contributed by atoms with Gasteiger partial charge in [0.1, 0.15) is 17.4 Å². The fourth-order valence-corrected chi connectivity index (χ4v) is 6.75. The van der Waals surface area contributed by atoms with Crippen LogP contribution in [0.2, 0.25) is 0 Å². The molecule has 206 valence electrons. The molecule has 0 aromatic heterocycles. The Labute approximate surface area is 222 Å². The van der Waals surface area contributed by atoms with Crippen molar-refractivity contribution >= 4 is 5.69 Å². The second-order valence-electron chi connectivity index (χ2n) is 11.7. The van der Waals surface area contributed by atoms with Gasteiger partial charge in [0.05, 0.1) is 12.6 Å². The number of anilines is 1. The number of hydrogen-bond acceptors (Lipinski definition) is 4. The van der Waals surface area contributed by atoms with Crippen LogP contribution in [-0.4, -0.2) is 66.1 Å². The maximum Gasteiger partial charge on any atom is 0.257 e. The predicted molar refractivity (Wildman–Crippen MR) is 142 cm³/mol. The first-order valence-electron chi connectivity index (χ1n) is 13.5. The van der Waals surface area contributed by atoms with E-state index in [0.29, 0.717) is 23.2 Å². The van der Waals surface area contributed by atoms with Gasteiger partial charge in [0.15, 0.2) is 0 Å². The smallest absolute Gasteiger partial charge is 0.257 e. The Balaban J connectivity index is 1.43. The number of rotatable bonds is 6. The topological polar surface area (TPSA) is 30.0 Å². The summed E-state index contributed by atoms with van der Waals surface area (Å²) >= 11 is 0. The summed E-state index contributed by atoms with van der Waals surface area (Å²) in [6, 6.07) is 5.89. The lowest BCUT2D eigenvalue weighted by molar-refractivity contribution is -0.0371. The largest absolute Gasteiger partial charge is 0.508 e. The molecule has 0 aliphatic carbocycles. The van der Waals surface area contributed by atoms with E-state index in [0.717, 1.165) is 58.9 Å². The Bertz CT molecular complexity index is 1170. The summed E-state index contributed by atoms with van der Waals surface area (Å²) in [5.74, 6) is -4.47. The van der Waals surface area contributed by atoms with Gasteiger partial charge in [-0.15, -0.1) is 6.58 Å². The quantitative estimate of drug-likeness (QED) is 0.358. The molecule has 0 saturated carbocycles. The number of aromatic hydroxyl groups is 1. The van der Waals surface area contributed by atoms with Crippen LogP contribution < -0.4 is 4.90 Å². The van der Waals surface area contributed by atoms with Gasteiger partial charge >= 0.3 is 0 Å². The van der Waals surface area contributed by atoms with Gasteiger partial charge in [-0.2, -0.15) is 0 Å². The van der Waals surface area contributed by atoms with E-state index >= 15 is 8.78 Å². The number of halogens is 4. The summed E-state index contributed by atoms with van der Waals surface area (Å²) < 4.78 is 60.1. The van der Waals surface area contributed by atoms with Crippen molar-refractivity contribution in [2.24, 2.45) is 5.41 Å². The lowest BCUT2D eigenvalue weighted by Crippen LogP contribution is -2.57. The maximum absolute atomic E-state index is 15.8. The van der Waals surface area contributed by atoms with E-state index in [1.807, 2.05) is 11.0 Å². The third-order valence-corrected chi connectivity index (χ3v) is 8.58. The summed E-state index contributed by atoms with van der Waals surface area (Å²) in [5, 5.41) is 9.99. The Morgan fingerprint density at radius 3 is 2.47 bits per heavy atom. The van der Waals surface area contributed by atoms with Crippen LogP contribution in [0.4, 0.5) is 23.2 Å². The third kappa shape index (κ3) is 5.30. The predicted octanol–water partition coefficient (Wildman–Crippen LogP) is 6.14. The standard InChI is InChI=1S/C30H37F4N3O/c1-4-10-35-11-5-8-30(9-12-35)18-36(19-30)22-15-25(31)27(26(32)16-22)28-24-7-6-23(38)14-21(24)13-20(2)37(28)17-29(3,33)34/h4,6-7,14-16,20,28,38H,1,5,8-13,17-19H2,2-3H3/t20-,28?/m1/s1. The number of benzene rings is 2. The molecule has 38 heavy (non-hydrogen) atoms. The Hall–Kier alpha value is -2.58. The molecule has 2 aromatic rings. The molecule has 2 aromatic carbocycles. The molecule has 5 rings (SSSR count). The Kier molecular flexibility index (Phi) is 7.24. The van der Waals surface area contributed by atoms with Crippen LogP contribution >= 0.6 is 0 Å². The number of phenols is 1. The normalized spacial score (nSPS) is 24.1. The first kappa shape index (κ1) is 27.0. The zero-order chi connectivity index (χ0) is 27.2. The number of fused-ring (bicyclic) bond motifs is 1. The van der Waals surface area contributed by atoms with Crippen LogP contribution in [0.25, 0.3) is 0 Å². The minimum atomic E-state index is -3.04. The Morgan fingerprint density at radius 1 is 1.11 bits per heavy atom. The molecule has 8 heteroatoms. The molecule has 0 radical (unpaired) electrons. The molecule has 2 fully saturated rings. The van der Waals surface area contributed by atoms with E-state index in [9.17, 15) is 13.9 Å². The lowest BCUT2D eigenvalue weighted by Gasteiger charge is -2.51. The molecular formula is C30H37F4N3O. The summed E-state index contributed by atoms with van der Waals surface area (Å²) in [5.41, 5.74) is 1.68. The van der Waals surface area contributed by atoms with Gasteiger partial charge in [-0.25, -0.2) is 17.6 Å². The van der Waals surface area contributed by atoms with Crippen LogP contribution in [0.15, 0.2) is 43.0 Å². The number of hydrogen-bond donors (Lipinski definition) is 1. The molecule has 3 aliphatic rings. The SMILES string of the molecule is C=CCN1CCCC2(CC1)CN(c1cc(F)c(C3c4ccc(O)cc4C[C@@H](C)N3CC(C)(F)F)c(F)c1)C2. The highest BCUT2D eigenvalue weighted by Crippen LogP contribution is 2.46. The van der Waals surface area contributed by atoms with Crippen molar-refractivity contribution in [2.75, 3.05) is 44.2 Å². The van der Waals surface area contributed by atoms with E-state index in [-0.39, 0.29) is 16.7 Å². The molecule has 0 amide bonds. The lowest BCUT2D eigenvalue weighted by atomic mass is 9.73. The average Bonchev–Trinajstić information content (AvgIpc) is 3.01. The molecule has 1 spiro atoms. The average molecular weight is 532 g/mol. The van der Waals surface area contributed by atoms with Crippen molar-refractivity contribution in [3.8, 4) is 5.75 Å². The molecule has 4 nitrogen and oxygen atoms in total. The number of phenolic OH excluding ortho intramolecular Hbond substituents is 1. The molecular weight excluding hydrogens is 494 g/mol. The minimum Gasteiger partial charge on any atom is -0.508 e. The van der Waals surface area contributed by atoms with Crippen LogP contribution in [-0.2, 0) is 6.42 Å². The fraction of sp³-hybridized carbons (Fsp3) is 0.533. The first-order valence-corrected chi connectivity index (χ1v) is 13.5. The van der Waals surface area contributed by atoms with Gasteiger partial charge in [-0.05, 0) is 81.1 Å². The number of likely N-dealkylation sites (tertiary alicyclic amines) is 1. The number of nitrogens with zero attached hydrogens (tertiary/aromatic N) is 3. The molecule has 1 N–H and O–H groups in total. The van der Waals surface area contributed by atoms with Crippen molar-refractivity contribution in [2.45, 2.75) is 57.5 Å². The highest BCUT2D eigenvalue weighted by molar-refractivity contribution is 5.54. The summed E-state index contributed by atoms with van der Waals surface area (Å²) in [6.45, 7) is 10.2. The number of alkyl halides is 2. The monoisotopic (exact) mass is 531 g/mol. The van der Waals surface area contributed by atoms with Gasteiger partial charge in [0.25, 0.3) is 5.92 Å². The van der Waals surface area contributed by atoms with E-state index in [4.69, 9.17) is 0 Å². The van der Waals surface area contributed by atoms with Crippen molar-refractivity contribution < 1.29 is 22.7 Å². The van der Waals surface area contributed by atoms with E-state index < -0.39 is 36.2 Å². The van der Waals surface area contributed by atoms with Gasteiger partial charge < -0.3 is 10.0 Å². The molecule has 2 atom stereocenters. The summed E-state index contributed by atoms with van der Waals surface area (Å²) in [6.07, 6.45) is 5.55. The zero-order valence-corrected chi connectivity index (χ0v) is 22.2. The molecule has 1 unspecified atom stereocenters. The van der Waals surface area contributed by atoms with Crippen molar-refractivity contribution in [3.63, 3.8) is 0 Å². The molecule has 0 bridgehead atoms. The van der Waals surface area contributed by atoms with Crippen molar-refractivity contribution in [1.29, 1.82) is 0 Å². The van der Waals surface area contributed by atoms with Crippen LogP contribution in [0.3, 0.4) is 0 Å². The van der Waals surface area contributed by atoms with Gasteiger partial charge in [-0.3, -0.25) is 9.80 Å². The zero-order valence-electron chi connectivity index (χ0n) is 22.2. The molecule has 2 saturated heterocycles. The molecule has 3 heterocycles. The highest BCUT2D eigenvalue weighted by atomic mass is 19.3. The van der Waals surface area contributed by atoms with Gasteiger partial charge in [0.2, 0.25) is 0 Å². The third-order valence-electron chi connectivity index (χ3n) is 8.58. The van der Waals surface area contributed by atoms with Crippen LogP contribution in [0.1, 0.15) is 55.8 Å². The second-order valence-corrected chi connectivity index (χ2v) is 11.7. The van der Waals surface area contributed by atoms with Crippen LogP contribution in [0.5, 0.6) is 5.75 Å². The van der Waals surface area contributed by atoms with E-state index in [1.54, 1.807) is 19.1 Å². The minimum absolute atomic E-state index is 0.0399. The van der Waals surface area contributed by atoms with Crippen LogP contribution in [0, 0.1) is 17.0 Å². The Morgan fingerprint density at radius 2 is 1.82 bits per heavy atom. The van der Waals surface area contributed by atoms with Gasteiger partial charge in [-0.1, -0.05) is 12.1 Å². The highest BCUT2D eigenvalue weighted by Gasteiger charge is 2.45. The van der Waals surface area contributed by atoms with E-state index in [1.165, 1.54) is 23.1 Å². The van der Waals surface area contributed by atoms with Gasteiger partial charge in [0, 0.05) is 49.3 Å². The van der Waals surface area contributed by atoms with E-state index in [2.05, 4.69) is 11.5 Å². The van der Waals surface area contributed by atoms with Crippen molar-refractivity contribution in [3.05, 3.63) is 71.3 Å². The second kappa shape index (κ2) is 10.2.